The number of nitrogens with one attached hydrogen (secondary N) is 1. The van der Waals surface area contributed by atoms with Gasteiger partial charge in [-0.05, 0) is 12.3 Å². The molecule has 0 aliphatic heterocycles. The van der Waals surface area contributed by atoms with Crippen LogP contribution in [0.3, 0.4) is 0 Å². The van der Waals surface area contributed by atoms with Gasteiger partial charge < -0.3 is 5.32 Å². The largest absolute Gasteiger partial charge is 0.356 e. The molecule has 0 heterocycles. The molecule has 60 valence electrons. The molecule has 0 aromatic carbocycles. The molecule has 0 aromatic heterocycles. The van der Waals surface area contributed by atoms with Gasteiger partial charge in [-0.2, -0.15) is 0 Å². The van der Waals surface area contributed by atoms with Crippen LogP contribution in [0.25, 0.3) is 0 Å². The summed E-state index contributed by atoms with van der Waals surface area (Å²) in [6, 6.07) is 0. The van der Waals surface area contributed by atoms with Crippen molar-refractivity contribution in [1.29, 1.82) is 0 Å². The van der Waals surface area contributed by atoms with Crippen LogP contribution in [0.1, 0.15) is 34.1 Å². The molecule has 1 amide bonds. The fourth-order valence-electron chi connectivity index (χ4n) is 0.741. The quantitative estimate of drug-likeness (QED) is 0.624. The Morgan fingerprint density at radius 1 is 1.40 bits per heavy atom. The Balaban J connectivity index is 3.58. The molecule has 0 rings (SSSR count). The normalized spacial score (nSPS) is 11.2. The number of hydrogen-bond donors (Lipinski definition) is 1. The summed E-state index contributed by atoms with van der Waals surface area (Å²) in [4.78, 5) is 10.9. The maximum Gasteiger partial charge on any atom is 0.220 e. The first-order chi connectivity index (χ1) is 4.45. The Morgan fingerprint density at radius 3 is 2.20 bits per heavy atom. The zero-order valence-electron chi connectivity index (χ0n) is 7.32. The third-order valence-corrected chi connectivity index (χ3v) is 1.06. The smallest absolute Gasteiger partial charge is 0.220 e. The van der Waals surface area contributed by atoms with Gasteiger partial charge in [0.05, 0.1) is 0 Å². The average Bonchev–Trinajstić information content (AvgIpc) is 1.59. The summed E-state index contributed by atoms with van der Waals surface area (Å²) in [6.45, 7) is 8.84. The van der Waals surface area contributed by atoms with E-state index in [0.717, 1.165) is 6.54 Å². The van der Waals surface area contributed by atoms with E-state index in [1.54, 1.807) is 0 Å². The fourth-order valence-corrected chi connectivity index (χ4v) is 0.741. The van der Waals surface area contributed by atoms with E-state index in [-0.39, 0.29) is 11.3 Å². The van der Waals surface area contributed by atoms with Crippen LogP contribution >= 0.6 is 0 Å². The van der Waals surface area contributed by atoms with E-state index < -0.39 is 0 Å². The molecule has 2 nitrogen and oxygen atoms in total. The van der Waals surface area contributed by atoms with Crippen molar-refractivity contribution in [2.75, 3.05) is 6.54 Å². The van der Waals surface area contributed by atoms with Crippen LogP contribution in [0.15, 0.2) is 0 Å². The van der Waals surface area contributed by atoms with Crippen LogP contribution in [0.2, 0.25) is 0 Å². The third kappa shape index (κ3) is 5.60. The fraction of sp³-hybridized carbons (Fsp3) is 0.875. The summed E-state index contributed by atoms with van der Waals surface area (Å²) in [5, 5.41) is 2.76. The van der Waals surface area contributed by atoms with Gasteiger partial charge in [0, 0.05) is 13.0 Å². The van der Waals surface area contributed by atoms with Crippen LogP contribution in [0, 0.1) is 5.41 Å². The number of hydrogen-bond acceptors (Lipinski definition) is 1. The number of carbonyl (C=O) groups is 1. The molecule has 0 atom stereocenters. The molecule has 10 heavy (non-hydrogen) atoms. The number of rotatable bonds is 2. The van der Waals surface area contributed by atoms with Crippen molar-refractivity contribution in [1.82, 2.24) is 5.32 Å². The zero-order chi connectivity index (χ0) is 8.20. The molecule has 0 aliphatic carbocycles. The molecule has 0 unspecified atom stereocenters. The van der Waals surface area contributed by atoms with Gasteiger partial charge in [0.2, 0.25) is 5.91 Å². The lowest BCUT2D eigenvalue weighted by atomic mass is 9.92. The third-order valence-electron chi connectivity index (χ3n) is 1.06. The highest BCUT2D eigenvalue weighted by atomic mass is 16.1. The Kier molecular flexibility index (Phi) is 3.40. The van der Waals surface area contributed by atoms with Crippen LogP contribution in [0.5, 0.6) is 0 Å². The molecule has 0 aromatic rings. The van der Waals surface area contributed by atoms with Crippen molar-refractivity contribution in [2.45, 2.75) is 34.1 Å². The molecule has 0 bridgehead atoms. The maximum absolute atomic E-state index is 10.9. The minimum Gasteiger partial charge on any atom is -0.356 e. The van der Waals surface area contributed by atoms with Crippen molar-refractivity contribution in [2.24, 2.45) is 5.41 Å². The average molecular weight is 143 g/mol. The Bertz CT molecular complexity index is 113. The van der Waals surface area contributed by atoms with Gasteiger partial charge in [0.25, 0.3) is 0 Å². The predicted molar refractivity (Wildman–Crippen MR) is 42.8 cm³/mol. The Labute approximate surface area is 63.0 Å². The summed E-state index contributed by atoms with van der Waals surface area (Å²) in [7, 11) is 0. The maximum atomic E-state index is 10.9. The molecule has 2 heteroatoms. The van der Waals surface area contributed by atoms with Gasteiger partial charge in [-0.1, -0.05) is 20.8 Å². The molecule has 0 saturated carbocycles. The summed E-state index contributed by atoms with van der Waals surface area (Å²) in [5.74, 6) is 0.148. The van der Waals surface area contributed by atoms with E-state index in [4.69, 9.17) is 0 Å². The van der Waals surface area contributed by atoms with E-state index in [2.05, 4.69) is 26.1 Å². The second kappa shape index (κ2) is 3.59. The molecule has 1 N–H and O–H groups in total. The van der Waals surface area contributed by atoms with Gasteiger partial charge in [-0.15, -0.1) is 0 Å². The van der Waals surface area contributed by atoms with Crippen molar-refractivity contribution >= 4 is 5.91 Å². The second-order valence-corrected chi connectivity index (χ2v) is 3.69. The van der Waals surface area contributed by atoms with Crippen LogP contribution in [0.4, 0.5) is 0 Å². The van der Waals surface area contributed by atoms with E-state index in [0.29, 0.717) is 6.42 Å². The molecular weight excluding hydrogens is 126 g/mol. The van der Waals surface area contributed by atoms with Crippen molar-refractivity contribution < 1.29 is 4.79 Å². The van der Waals surface area contributed by atoms with Crippen molar-refractivity contribution in [3.63, 3.8) is 0 Å². The van der Waals surface area contributed by atoms with E-state index in [9.17, 15) is 4.79 Å². The van der Waals surface area contributed by atoms with Crippen molar-refractivity contribution in [3.05, 3.63) is 0 Å². The minimum absolute atomic E-state index is 0.110. The lowest BCUT2D eigenvalue weighted by Gasteiger charge is -2.16. The van der Waals surface area contributed by atoms with Crippen LogP contribution < -0.4 is 5.32 Å². The molecule has 0 aliphatic rings. The molecule has 0 radical (unpaired) electrons. The minimum atomic E-state index is 0.110. The monoisotopic (exact) mass is 143 g/mol. The van der Waals surface area contributed by atoms with Crippen molar-refractivity contribution in [3.8, 4) is 0 Å². The molecule has 0 fully saturated rings. The summed E-state index contributed by atoms with van der Waals surface area (Å²) < 4.78 is 0. The highest BCUT2D eigenvalue weighted by Gasteiger charge is 2.14. The van der Waals surface area contributed by atoms with Gasteiger partial charge in [0.15, 0.2) is 0 Å². The first-order valence-electron chi connectivity index (χ1n) is 3.72. The first kappa shape index (κ1) is 9.47. The van der Waals surface area contributed by atoms with Gasteiger partial charge in [0.1, 0.15) is 0 Å². The summed E-state index contributed by atoms with van der Waals surface area (Å²) >= 11 is 0. The Morgan fingerprint density at radius 2 is 1.90 bits per heavy atom. The number of carbonyl (C=O) groups excluding carboxylic acids is 1. The molecular formula is C8H17NO. The standard InChI is InChI=1S/C8H17NO/c1-5-9-7(10)6-8(2,3)4/h5-6H2,1-4H3,(H,9,10). The first-order valence-corrected chi connectivity index (χ1v) is 3.72. The predicted octanol–water partition coefficient (Wildman–Crippen LogP) is 1.56. The lowest BCUT2D eigenvalue weighted by Crippen LogP contribution is -2.27. The van der Waals surface area contributed by atoms with Gasteiger partial charge >= 0.3 is 0 Å². The summed E-state index contributed by atoms with van der Waals surface area (Å²) in [6.07, 6.45) is 0.612. The van der Waals surface area contributed by atoms with E-state index in [1.807, 2.05) is 6.92 Å². The lowest BCUT2D eigenvalue weighted by molar-refractivity contribution is -0.122. The Hall–Kier alpha value is -0.530. The second-order valence-electron chi connectivity index (χ2n) is 3.69. The van der Waals surface area contributed by atoms with Gasteiger partial charge in [-0.3, -0.25) is 4.79 Å². The van der Waals surface area contributed by atoms with Crippen LogP contribution in [-0.4, -0.2) is 12.5 Å². The zero-order valence-corrected chi connectivity index (χ0v) is 7.32. The van der Waals surface area contributed by atoms with Gasteiger partial charge in [-0.25, -0.2) is 0 Å². The highest BCUT2D eigenvalue weighted by molar-refractivity contribution is 5.76. The van der Waals surface area contributed by atoms with E-state index in [1.165, 1.54) is 0 Å². The highest BCUT2D eigenvalue weighted by Crippen LogP contribution is 2.17. The summed E-state index contributed by atoms with van der Waals surface area (Å²) in [5.41, 5.74) is 0.110. The SMILES string of the molecule is CCNC(=O)CC(C)(C)C. The molecule has 0 spiro atoms. The number of amides is 1. The van der Waals surface area contributed by atoms with Crippen LogP contribution in [-0.2, 0) is 4.79 Å². The topological polar surface area (TPSA) is 29.1 Å². The van der Waals surface area contributed by atoms with E-state index >= 15 is 0 Å². The molecule has 0 saturated heterocycles.